The van der Waals surface area contributed by atoms with E-state index < -0.39 is 0 Å². The predicted molar refractivity (Wildman–Crippen MR) is 116 cm³/mol. The molecule has 4 rings (SSSR count). The summed E-state index contributed by atoms with van der Waals surface area (Å²) in [5.74, 6) is 1.73. The molecule has 1 aromatic heterocycles. The summed E-state index contributed by atoms with van der Waals surface area (Å²) in [7, 11) is 1.67. The highest BCUT2D eigenvalue weighted by atomic mass is 16.5. The van der Waals surface area contributed by atoms with E-state index in [2.05, 4.69) is 22.9 Å². The molecule has 2 aliphatic rings. The monoisotopic (exact) mass is 412 g/mol. The topological polar surface area (TPSA) is 63.9 Å². The van der Waals surface area contributed by atoms with Crippen molar-refractivity contribution < 1.29 is 19.4 Å². The van der Waals surface area contributed by atoms with Crippen molar-refractivity contribution in [2.45, 2.75) is 63.7 Å². The van der Waals surface area contributed by atoms with Crippen LogP contribution in [0.3, 0.4) is 0 Å². The number of piperidine rings is 1. The molecule has 2 heterocycles. The van der Waals surface area contributed by atoms with E-state index in [9.17, 15) is 9.90 Å². The summed E-state index contributed by atoms with van der Waals surface area (Å²) < 4.78 is 13.8. The number of likely N-dealkylation sites (tertiary alicyclic amines) is 1. The number of amides is 1. The largest absolute Gasteiger partial charge is 0.493 e. The van der Waals surface area contributed by atoms with Crippen LogP contribution in [0.2, 0.25) is 0 Å². The summed E-state index contributed by atoms with van der Waals surface area (Å²) in [6.07, 6.45) is 10.6. The van der Waals surface area contributed by atoms with E-state index in [4.69, 9.17) is 9.47 Å². The molecule has 1 saturated carbocycles. The zero-order valence-corrected chi connectivity index (χ0v) is 17.8. The number of carbonyl (C=O) groups is 1. The number of rotatable bonds is 7. The van der Waals surface area contributed by atoms with Gasteiger partial charge in [0.05, 0.1) is 19.3 Å². The minimum absolute atomic E-state index is 0.161. The number of aliphatic hydroxyl groups is 1. The van der Waals surface area contributed by atoms with Crippen LogP contribution in [0.4, 0.5) is 0 Å². The van der Waals surface area contributed by atoms with Crippen LogP contribution in [0, 0.1) is 0 Å². The Morgan fingerprint density at radius 1 is 1.07 bits per heavy atom. The van der Waals surface area contributed by atoms with Gasteiger partial charge in [-0.05, 0) is 67.9 Å². The van der Waals surface area contributed by atoms with E-state index in [1.165, 1.54) is 12.8 Å². The molecule has 6 nitrogen and oxygen atoms in total. The molecule has 1 N–H and O–H groups in total. The van der Waals surface area contributed by atoms with Crippen molar-refractivity contribution >= 4 is 5.91 Å². The van der Waals surface area contributed by atoms with Crippen molar-refractivity contribution in [3.8, 4) is 22.6 Å². The lowest BCUT2D eigenvalue weighted by molar-refractivity contribution is -0.133. The number of benzene rings is 1. The Kier molecular flexibility index (Phi) is 6.62. The lowest BCUT2D eigenvalue weighted by atomic mass is 10.1. The number of ether oxygens (including phenoxy) is 2. The highest BCUT2D eigenvalue weighted by Crippen LogP contribution is 2.35. The van der Waals surface area contributed by atoms with E-state index in [0.717, 1.165) is 35.5 Å². The number of aryl methyl sites for hydroxylation is 1. The molecule has 0 radical (unpaired) electrons. The van der Waals surface area contributed by atoms with Crippen molar-refractivity contribution in [1.29, 1.82) is 0 Å². The molecule has 1 saturated heterocycles. The molecular formula is C24H32N2O4. The van der Waals surface area contributed by atoms with Crippen LogP contribution >= 0.6 is 0 Å². The molecule has 2 fully saturated rings. The Balaban J connectivity index is 1.38. The Bertz CT molecular complexity index is 849. The molecule has 0 bridgehead atoms. The van der Waals surface area contributed by atoms with Gasteiger partial charge in [0.25, 0.3) is 0 Å². The molecule has 162 valence electrons. The van der Waals surface area contributed by atoms with Crippen molar-refractivity contribution in [3.63, 3.8) is 0 Å². The number of hydrogen-bond donors (Lipinski definition) is 1. The highest BCUT2D eigenvalue weighted by molar-refractivity contribution is 5.76. The Labute approximate surface area is 178 Å². The second-order valence-electron chi connectivity index (χ2n) is 8.39. The first-order chi connectivity index (χ1) is 14.6. The van der Waals surface area contributed by atoms with E-state index >= 15 is 0 Å². The summed E-state index contributed by atoms with van der Waals surface area (Å²) in [5.41, 5.74) is 2.18. The van der Waals surface area contributed by atoms with Crippen molar-refractivity contribution in [1.82, 2.24) is 9.47 Å². The molecule has 6 heteroatoms. The van der Waals surface area contributed by atoms with E-state index in [-0.39, 0.29) is 18.1 Å². The molecule has 30 heavy (non-hydrogen) atoms. The van der Waals surface area contributed by atoms with Crippen molar-refractivity contribution in [2.24, 2.45) is 0 Å². The van der Waals surface area contributed by atoms with E-state index in [1.54, 1.807) is 7.11 Å². The molecule has 1 amide bonds. The fraction of sp³-hybridized carbons (Fsp3) is 0.542. The van der Waals surface area contributed by atoms with Crippen molar-refractivity contribution in [3.05, 3.63) is 36.7 Å². The van der Waals surface area contributed by atoms with Gasteiger partial charge in [-0.15, -0.1) is 0 Å². The molecule has 0 atom stereocenters. The van der Waals surface area contributed by atoms with Gasteiger partial charge >= 0.3 is 0 Å². The van der Waals surface area contributed by atoms with Gasteiger partial charge in [-0.1, -0.05) is 6.07 Å². The number of nitrogens with zero attached hydrogens (tertiary/aromatic N) is 2. The molecule has 0 unspecified atom stereocenters. The molecule has 1 aromatic carbocycles. The zero-order valence-electron chi connectivity index (χ0n) is 17.8. The van der Waals surface area contributed by atoms with Crippen LogP contribution in [0.5, 0.6) is 11.5 Å². The summed E-state index contributed by atoms with van der Waals surface area (Å²) in [4.78, 5) is 14.3. The van der Waals surface area contributed by atoms with Crippen LogP contribution in [-0.4, -0.2) is 52.9 Å². The van der Waals surface area contributed by atoms with Crippen LogP contribution in [0.1, 0.15) is 44.9 Å². The minimum atomic E-state index is -0.256. The Morgan fingerprint density at radius 2 is 1.83 bits per heavy atom. The maximum Gasteiger partial charge on any atom is 0.224 e. The van der Waals surface area contributed by atoms with E-state index in [0.29, 0.717) is 38.9 Å². The third-order valence-electron chi connectivity index (χ3n) is 6.24. The van der Waals surface area contributed by atoms with Gasteiger partial charge in [0, 0.05) is 38.4 Å². The first-order valence-electron chi connectivity index (χ1n) is 11.1. The van der Waals surface area contributed by atoms with E-state index in [1.807, 2.05) is 23.2 Å². The number of methoxy groups -OCH3 is 1. The average Bonchev–Trinajstić information content (AvgIpc) is 3.45. The average molecular weight is 413 g/mol. The molecule has 2 aromatic rings. The van der Waals surface area contributed by atoms with Crippen LogP contribution in [0.25, 0.3) is 11.1 Å². The maximum absolute atomic E-state index is 12.4. The summed E-state index contributed by atoms with van der Waals surface area (Å²) in [6.45, 7) is 1.97. The second kappa shape index (κ2) is 9.56. The lowest BCUT2D eigenvalue weighted by Crippen LogP contribution is -2.40. The summed E-state index contributed by atoms with van der Waals surface area (Å²) >= 11 is 0. The third-order valence-corrected chi connectivity index (χ3v) is 6.24. The fourth-order valence-corrected chi connectivity index (χ4v) is 4.38. The van der Waals surface area contributed by atoms with Gasteiger partial charge in [-0.25, -0.2) is 0 Å². The minimum Gasteiger partial charge on any atom is -0.493 e. The Hall–Kier alpha value is -2.47. The van der Waals surface area contributed by atoms with Gasteiger partial charge in [-0.2, -0.15) is 0 Å². The molecular weight excluding hydrogens is 380 g/mol. The second-order valence-corrected chi connectivity index (χ2v) is 8.39. The molecule has 1 aliphatic heterocycles. The van der Waals surface area contributed by atoms with Gasteiger partial charge in [0.2, 0.25) is 5.91 Å². The van der Waals surface area contributed by atoms with Crippen LogP contribution < -0.4 is 9.47 Å². The first-order valence-corrected chi connectivity index (χ1v) is 11.1. The predicted octanol–water partition coefficient (Wildman–Crippen LogP) is 3.86. The number of carbonyl (C=O) groups excluding carboxylic acids is 1. The standard InChI is InChI=1S/C24H32N2O4/c1-29-22-7-6-18(16-23(22)30-21-4-2-3-5-21)19-8-12-25(17-19)13-11-24(28)26-14-9-20(27)10-15-26/h6-8,12,16-17,20-21,27H,2-5,9-11,13-15H2,1H3. The SMILES string of the molecule is COc1ccc(-c2ccn(CCC(=O)N3CCC(O)CC3)c2)cc1OC1CCCC1. The van der Waals surface area contributed by atoms with Crippen LogP contribution in [0.15, 0.2) is 36.7 Å². The van der Waals surface area contributed by atoms with Gasteiger partial charge in [0.15, 0.2) is 11.5 Å². The first kappa shape index (κ1) is 20.8. The summed E-state index contributed by atoms with van der Waals surface area (Å²) in [6, 6.07) is 8.14. The maximum atomic E-state index is 12.4. The normalized spacial score (nSPS) is 18.0. The zero-order chi connectivity index (χ0) is 20.9. The summed E-state index contributed by atoms with van der Waals surface area (Å²) in [5, 5.41) is 9.60. The van der Waals surface area contributed by atoms with Gasteiger partial charge in [-0.3, -0.25) is 4.79 Å². The smallest absolute Gasteiger partial charge is 0.224 e. The number of aliphatic hydroxyl groups excluding tert-OH is 1. The lowest BCUT2D eigenvalue weighted by Gasteiger charge is -2.29. The van der Waals surface area contributed by atoms with Crippen molar-refractivity contribution in [2.75, 3.05) is 20.2 Å². The molecule has 0 spiro atoms. The Morgan fingerprint density at radius 3 is 2.57 bits per heavy atom. The highest BCUT2D eigenvalue weighted by Gasteiger charge is 2.21. The quantitative estimate of drug-likeness (QED) is 0.750. The van der Waals surface area contributed by atoms with Gasteiger partial charge in [0.1, 0.15) is 0 Å². The fourth-order valence-electron chi connectivity index (χ4n) is 4.38. The third kappa shape index (κ3) is 4.98. The molecule has 1 aliphatic carbocycles. The van der Waals surface area contributed by atoms with Crippen LogP contribution in [-0.2, 0) is 11.3 Å². The van der Waals surface area contributed by atoms with Gasteiger partial charge < -0.3 is 24.0 Å². The number of hydrogen-bond acceptors (Lipinski definition) is 4. The number of aromatic nitrogens is 1.